The van der Waals surface area contributed by atoms with Gasteiger partial charge in [-0.1, -0.05) is 18.5 Å². The second-order valence-electron chi connectivity index (χ2n) is 6.99. The van der Waals surface area contributed by atoms with Crippen molar-refractivity contribution in [2.45, 2.75) is 26.3 Å². The zero-order valence-corrected chi connectivity index (χ0v) is 16.2. The molecule has 0 unspecified atom stereocenters. The van der Waals surface area contributed by atoms with E-state index in [0.717, 1.165) is 18.4 Å². The number of benzene rings is 2. The van der Waals surface area contributed by atoms with Crippen LogP contribution in [0.2, 0.25) is 0 Å². The molecule has 0 bridgehead atoms. The molecule has 2 aromatic carbocycles. The molecule has 0 aliphatic carbocycles. The third-order valence-corrected chi connectivity index (χ3v) is 5.02. The lowest BCUT2D eigenvalue weighted by molar-refractivity contribution is 0.174. The molecule has 3 heterocycles. The molecule has 9 heteroatoms. The van der Waals surface area contributed by atoms with E-state index >= 15 is 0 Å². The molecule has 1 aliphatic rings. The first-order valence-electron chi connectivity index (χ1n) is 9.65. The van der Waals surface area contributed by atoms with Gasteiger partial charge in [0.1, 0.15) is 0 Å². The van der Waals surface area contributed by atoms with Gasteiger partial charge in [-0.15, -0.1) is 0 Å². The summed E-state index contributed by atoms with van der Waals surface area (Å²) in [5.41, 5.74) is 1.02. The van der Waals surface area contributed by atoms with Crippen molar-refractivity contribution in [2.75, 3.05) is 6.79 Å². The maximum Gasteiger partial charge on any atom is 0.328 e. The van der Waals surface area contributed by atoms with Crippen molar-refractivity contribution >= 4 is 10.9 Å². The van der Waals surface area contributed by atoms with Crippen LogP contribution in [-0.4, -0.2) is 26.5 Å². The number of nitrogens with one attached hydrogen (secondary N) is 1. The van der Waals surface area contributed by atoms with Crippen LogP contribution < -0.4 is 20.7 Å². The summed E-state index contributed by atoms with van der Waals surface area (Å²) < 4.78 is 17.3. The molecule has 4 aromatic rings. The molecular weight excluding hydrogens is 388 g/mol. The van der Waals surface area contributed by atoms with Crippen molar-refractivity contribution in [1.29, 1.82) is 0 Å². The monoisotopic (exact) mass is 406 g/mol. The second kappa shape index (κ2) is 7.18. The minimum atomic E-state index is -0.426. The van der Waals surface area contributed by atoms with Crippen molar-refractivity contribution < 1.29 is 14.0 Å². The standard InChI is InChI=1S/C21H18N4O5/c1-2-3-8-25-20(26)14-6-4-13(9-15(14)22-21(25)27)19-23-18(24-30-19)12-5-7-16-17(10-12)29-11-28-16/h4-7,9-10H,2-3,8,11H2,1H3,(H,22,27). The Bertz CT molecular complexity index is 1370. The fourth-order valence-corrected chi connectivity index (χ4v) is 3.40. The molecular formula is C21H18N4O5. The van der Waals surface area contributed by atoms with Crippen LogP contribution in [0.25, 0.3) is 33.7 Å². The predicted octanol–water partition coefficient (Wildman–Crippen LogP) is 2.94. The van der Waals surface area contributed by atoms with Crippen molar-refractivity contribution in [2.24, 2.45) is 0 Å². The molecule has 0 spiro atoms. The highest BCUT2D eigenvalue weighted by molar-refractivity contribution is 5.82. The molecule has 0 atom stereocenters. The normalized spacial score (nSPS) is 12.6. The molecule has 0 radical (unpaired) electrons. The summed E-state index contributed by atoms with van der Waals surface area (Å²) in [5.74, 6) is 1.97. The third kappa shape index (κ3) is 3.04. The third-order valence-electron chi connectivity index (χ3n) is 5.02. The Morgan fingerprint density at radius 2 is 1.90 bits per heavy atom. The first-order valence-corrected chi connectivity index (χ1v) is 9.65. The number of fused-ring (bicyclic) bond motifs is 2. The van der Waals surface area contributed by atoms with Crippen molar-refractivity contribution in [3.05, 3.63) is 57.2 Å². The van der Waals surface area contributed by atoms with Gasteiger partial charge in [-0.3, -0.25) is 9.36 Å². The number of ether oxygens (including phenoxy) is 2. The Morgan fingerprint density at radius 3 is 2.77 bits per heavy atom. The van der Waals surface area contributed by atoms with Crippen molar-refractivity contribution in [3.8, 4) is 34.3 Å². The van der Waals surface area contributed by atoms with Gasteiger partial charge in [0.15, 0.2) is 11.5 Å². The SMILES string of the molecule is CCCCn1c(=O)[nH]c2cc(-c3nc(-c4ccc5c(c4)OCO5)no3)ccc2c1=O. The number of rotatable bonds is 5. The maximum absolute atomic E-state index is 12.7. The average Bonchev–Trinajstić information content (AvgIpc) is 3.42. The topological polar surface area (TPSA) is 112 Å². The van der Waals surface area contributed by atoms with Crippen LogP contribution in [0.1, 0.15) is 19.8 Å². The van der Waals surface area contributed by atoms with Gasteiger partial charge in [0.05, 0.1) is 10.9 Å². The quantitative estimate of drug-likeness (QED) is 0.542. The minimum absolute atomic E-state index is 0.186. The molecule has 0 amide bonds. The number of hydrogen-bond donors (Lipinski definition) is 1. The number of aromatic amines is 1. The van der Waals surface area contributed by atoms with E-state index in [2.05, 4.69) is 15.1 Å². The smallest absolute Gasteiger partial charge is 0.328 e. The largest absolute Gasteiger partial charge is 0.454 e. The molecule has 0 fully saturated rings. The molecule has 0 saturated heterocycles. The fourth-order valence-electron chi connectivity index (χ4n) is 3.40. The van der Waals surface area contributed by atoms with E-state index in [1.165, 1.54) is 4.57 Å². The van der Waals surface area contributed by atoms with E-state index in [9.17, 15) is 9.59 Å². The first kappa shape index (κ1) is 18.2. The van der Waals surface area contributed by atoms with Gasteiger partial charge in [-0.25, -0.2) is 4.79 Å². The van der Waals surface area contributed by atoms with Gasteiger partial charge >= 0.3 is 5.69 Å². The van der Waals surface area contributed by atoms with Gasteiger partial charge in [0.2, 0.25) is 12.6 Å². The highest BCUT2D eigenvalue weighted by atomic mass is 16.7. The van der Waals surface area contributed by atoms with E-state index in [0.29, 0.717) is 40.3 Å². The van der Waals surface area contributed by atoms with E-state index < -0.39 is 5.69 Å². The Hall–Kier alpha value is -3.88. The Kier molecular flexibility index (Phi) is 4.35. The second-order valence-corrected chi connectivity index (χ2v) is 6.99. The van der Waals surface area contributed by atoms with E-state index in [1.54, 1.807) is 30.3 Å². The highest BCUT2D eigenvalue weighted by Crippen LogP contribution is 2.35. The fraction of sp³-hybridized carbons (Fsp3) is 0.238. The molecule has 9 nitrogen and oxygen atoms in total. The van der Waals surface area contributed by atoms with Crippen molar-refractivity contribution in [1.82, 2.24) is 19.7 Å². The zero-order chi connectivity index (χ0) is 20.7. The van der Waals surface area contributed by atoms with Crippen LogP contribution in [-0.2, 0) is 6.54 Å². The predicted molar refractivity (Wildman–Crippen MR) is 109 cm³/mol. The molecule has 5 rings (SSSR count). The minimum Gasteiger partial charge on any atom is -0.454 e. The van der Waals surface area contributed by atoms with Gasteiger partial charge in [-0.2, -0.15) is 4.98 Å². The van der Waals surface area contributed by atoms with Crippen LogP contribution >= 0.6 is 0 Å². The molecule has 152 valence electrons. The van der Waals surface area contributed by atoms with Crippen LogP contribution in [0.5, 0.6) is 11.5 Å². The Balaban J connectivity index is 1.51. The Labute approximate surface area is 169 Å². The lowest BCUT2D eigenvalue weighted by atomic mass is 10.1. The number of nitrogens with zero attached hydrogens (tertiary/aromatic N) is 3. The van der Waals surface area contributed by atoms with Crippen molar-refractivity contribution in [3.63, 3.8) is 0 Å². The molecule has 2 aromatic heterocycles. The van der Waals surface area contributed by atoms with E-state index in [-0.39, 0.29) is 18.2 Å². The number of hydrogen-bond acceptors (Lipinski definition) is 7. The van der Waals surface area contributed by atoms with E-state index in [4.69, 9.17) is 14.0 Å². The highest BCUT2D eigenvalue weighted by Gasteiger charge is 2.17. The Morgan fingerprint density at radius 1 is 1.07 bits per heavy atom. The van der Waals surface area contributed by atoms with Crippen LogP contribution in [0.3, 0.4) is 0 Å². The summed E-state index contributed by atoms with van der Waals surface area (Å²) >= 11 is 0. The average molecular weight is 406 g/mol. The summed E-state index contributed by atoms with van der Waals surface area (Å²) in [5, 5.41) is 4.47. The van der Waals surface area contributed by atoms with E-state index in [1.807, 2.05) is 13.0 Å². The van der Waals surface area contributed by atoms with Gasteiger partial charge in [0, 0.05) is 17.7 Å². The van der Waals surface area contributed by atoms with Crippen LogP contribution in [0.4, 0.5) is 0 Å². The summed E-state index contributed by atoms with van der Waals surface area (Å²) in [4.78, 5) is 32.2. The van der Waals surface area contributed by atoms with Crippen LogP contribution in [0.15, 0.2) is 50.5 Å². The molecule has 0 saturated carbocycles. The number of H-pyrrole nitrogens is 1. The summed E-state index contributed by atoms with van der Waals surface area (Å²) in [6.07, 6.45) is 1.66. The summed E-state index contributed by atoms with van der Waals surface area (Å²) in [6, 6.07) is 10.4. The van der Waals surface area contributed by atoms with Gasteiger partial charge in [0.25, 0.3) is 11.4 Å². The lowest BCUT2D eigenvalue weighted by Gasteiger charge is -2.06. The summed E-state index contributed by atoms with van der Waals surface area (Å²) in [6.45, 7) is 2.59. The van der Waals surface area contributed by atoms with Gasteiger partial charge in [-0.05, 0) is 42.8 Å². The molecule has 30 heavy (non-hydrogen) atoms. The van der Waals surface area contributed by atoms with Gasteiger partial charge < -0.3 is 19.0 Å². The zero-order valence-electron chi connectivity index (χ0n) is 16.2. The summed E-state index contributed by atoms with van der Waals surface area (Å²) in [7, 11) is 0. The van der Waals surface area contributed by atoms with Crippen LogP contribution in [0, 0.1) is 0 Å². The number of aromatic nitrogens is 4. The molecule has 1 N–H and O–H groups in total. The lowest BCUT2D eigenvalue weighted by Crippen LogP contribution is -2.35. The molecule has 1 aliphatic heterocycles. The first-order chi connectivity index (χ1) is 14.6. The maximum atomic E-state index is 12.7. The number of unbranched alkanes of at least 4 members (excludes halogenated alkanes) is 1.